The first-order valence-electron chi connectivity index (χ1n) is 15.0. The number of nitrogens with zero attached hydrogens (tertiary/aromatic N) is 4. The molecule has 10 heteroatoms. The van der Waals surface area contributed by atoms with Crippen molar-refractivity contribution in [1.29, 1.82) is 0 Å². The van der Waals surface area contributed by atoms with E-state index in [0.717, 1.165) is 51.4 Å². The number of rotatable bonds is 5. The molecule has 0 unspecified atom stereocenters. The molecule has 42 heavy (non-hydrogen) atoms. The predicted molar refractivity (Wildman–Crippen MR) is 154 cm³/mol. The quantitative estimate of drug-likeness (QED) is 0.270. The summed E-state index contributed by atoms with van der Waals surface area (Å²) in [4.78, 5) is 51.9. The fourth-order valence-electron chi connectivity index (χ4n) is 8.96. The molecule has 0 spiro atoms. The minimum absolute atomic E-state index is 0.0403. The van der Waals surface area contributed by atoms with Crippen LogP contribution in [0.3, 0.4) is 0 Å². The summed E-state index contributed by atoms with van der Waals surface area (Å²) in [6, 6.07) is 4.93. The first-order valence-corrected chi connectivity index (χ1v) is 15.4. The van der Waals surface area contributed by atoms with Crippen LogP contribution in [0.2, 0.25) is 5.02 Å². The standard InChI is InChI=1S/C32H35ClN4O5/c1-31-12-10-20(14-18(31)6-7-21-22-8-9-26(38)32(22,2)13-11-23(21)31)42-27(39)17-36-15-19(34-35-36)16-37-25-5-3-4-24(33)28(25)29(40)30(37)41/h3-6,15,20-23H,7-14,16-17H2,1-2H3/t20-,21-,22-,23-,31-,32-/m0/s1. The van der Waals surface area contributed by atoms with Gasteiger partial charge in [0.15, 0.2) is 0 Å². The highest BCUT2D eigenvalue weighted by Gasteiger charge is 2.58. The molecule has 5 aliphatic rings. The third-order valence-electron chi connectivity index (χ3n) is 11.2. The molecule has 6 atom stereocenters. The Balaban J connectivity index is 0.974. The van der Waals surface area contributed by atoms with Crippen LogP contribution < -0.4 is 4.90 Å². The van der Waals surface area contributed by atoms with Crippen molar-refractivity contribution in [1.82, 2.24) is 15.0 Å². The van der Waals surface area contributed by atoms with E-state index >= 15 is 0 Å². The molecule has 1 amide bonds. The zero-order chi connectivity index (χ0) is 29.4. The van der Waals surface area contributed by atoms with Crippen LogP contribution in [0.15, 0.2) is 36.0 Å². The number of aromatic nitrogens is 3. The number of ether oxygens (including phenoxy) is 1. The van der Waals surface area contributed by atoms with E-state index in [2.05, 4.69) is 30.2 Å². The van der Waals surface area contributed by atoms with Gasteiger partial charge in [0.25, 0.3) is 11.7 Å². The smallest absolute Gasteiger partial charge is 0.328 e. The average Bonchev–Trinajstić information content (AvgIpc) is 3.60. The van der Waals surface area contributed by atoms with Crippen molar-refractivity contribution >= 4 is 40.7 Å². The van der Waals surface area contributed by atoms with Gasteiger partial charge in [-0.2, -0.15) is 0 Å². The van der Waals surface area contributed by atoms with E-state index in [0.29, 0.717) is 34.9 Å². The second-order valence-electron chi connectivity index (χ2n) is 13.3. The Morgan fingerprint density at radius 3 is 2.71 bits per heavy atom. The van der Waals surface area contributed by atoms with Crippen LogP contribution in [0.5, 0.6) is 0 Å². The molecule has 2 aromatic rings. The van der Waals surface area contributed by atoms with Crippen LogP contribution >= 0.6 is 11.6 Å². The maximum Gasteiger partial charge on any atom is 0.328 e. The predicted octanol–water partition coefficient (Wildman–Crippen LogP) is 5.10. The minimum Gasteiger partial charge on any atom is -0.461 e. The number of Topliss-reactive ketones (excluding diaryl/α,β-unsaturated/α-hetero) is 2. The number of allylic oxidation sites excluding steroid dienone is 1. The van der Waals surface area contributed by atoms with Gasteiger partial charge in [0.2, 0.25) is 0 Å². The Morgan fingerprint density at radius 2 is 1.88 bits per heavy atom. The summed E-state index contributed by atoms with van der Waals surface area (Å²) in [6.45, 7) is 4.56. The fourth-order valence-corrected chi connectivity index (χ4v) is 9.22. The van der Waals surface area contributed by atoms with E-state index in [4.69, 9.17) is 16.3 Å². The summed E-state index contributed by atoms with van der Waals surface area (Å²) in [6.07, 6.45) is 11.3. The maximum atomic E-state index is 12.9. The highest BCUT2D eigenvalue weighted by atomic mass is 35.5. The first kappa shape index (κ1) is 27.5. The first-order chi connectivity index (χ1) is 20.1. The number of carbonyl (C=O) groups is 4. The van der Waals surface area contributed by atoms with Crippen molar-refractivity contribution in [3.05, 3.63) is 52.3 Å². The number of hydrogen-bond acceptors (Lipinski definition) is 7. The Kier molecular flexibility index (Phi) is 6.46. The minimum atomic E-state index is -0.668. The summed E-state index contributed by atoms with van der Waals surface area (Å²) in [5.41, 5.74) is 2.47. The molecule has 0 radical (unpaired) electrons. The van der Waals surface area contributed by atoms with Crippen LogP contribution in [0.1, 0.15) is 81.3 Å². The SMILES string of the molecule is C[C@]12CC[C@H](OC(=O)Cn3cc(CN4C(=O)C(=O)c5c(Cl)cccc54)nn3)CC1=CC[C@@H]1[C@@H]2CC[C@]2(C)C(=O)CC[C@@H]12. The number of benzene rings is 1. The van der Waals surface area contributed by atoms with Gasteiger partial charge in [0.05, 0.1) is 29.0 Å². The number of halogens is 1. The fraction of sp³-hybridized carbons (Fsp3) is 0.562. The van der Waals surface area contributed by atoms with Gasteiger partial charge in [-0.3, -0.25) is 24.1 Å². The zero-order valence-electron chi connectivity index (χ0n) is 24.0. The van der Waals surface area contributed by atoms with Crippen molar-refractivity contribution in [2.75, 3.05) is 4.90 Å². The van der Waals surface area contributed by atoms with Crippen LogP contribution in [0.25, 0.3) is 0 Å². The second kappa shape index (κ2) is 9.86. The number of ketones is 2. The van der Waals surface area contributed by atoms with Crippen molar-refractivity contribution in [3.63, 3.8) is 0 Å². The molecule has 3 saturated carbocycles. The topological polar surface area (TPSA) is 111 Å². The molecule has 0 saturated heterocycles. The Morgan fingerprint density at radius 1 is 1.10 bits per heavy atom. The Hall–Kier alpha value is -3.33. The van der Waals surface area contributed by atoms with E-state index in [1.165, 1.54) is 15.2 Å². The number of esters is 1. The molecule has 7 rings (SSSR count). The zero-order valence-corrected chi connectivity index (χ0v) is 24.7. The van der Waals surface area contributed by atoms with Gasteiger partial charge in [-0.15, -0.1) is 5.10 Å². The lowest BCUT2D eigenvalue weighted by Gasteiger charge is -2.56. The molecule has 3 fully saturated rings. The number of amides is 1. The lowest BCUT2D eigenvalue weighted by molar-refractivity contribution is -0.152. The third kappa shape index (κ3) is 4.18. The van der Waals surface area contributed by atoms with E-state index in [9.17, 15) is 19.2 Å². The number of fused-ring (bicyclic) bond motifs is 6. The van der Waals surface area contributed by atoms with Crippen molar-refractivity contribution in [2.45, 2.75) is 84.4 Å². The Labute approximate surface area is 249 Å². The summed E-state index contributed by atoms with van der Waals surface area (Å²) < 4.78 is 7.32. The van der Waals surface area contributed by atoms with Gasteiger partial charge < -0.3 is 4.74 Å². The molecular formula is C32H35ClN4O5. The molecule has 0 N–H and O–H groups in total. The van der Waals surface area contributed by atoms with Gasteiger partial charge >= 0.3 is 5.97 Å². The summed E-state index contributed by atoms with van der Waals surface area (Å²) in [7, 11) is 0. The molecule has 220 valence electrons. The van der Waals surface area contributed by atoms with Gasteiger partial charge in [-0.25, -0.2) is 4.68 Å². The molecule has 1 aliphatic heterocycles. The van der Waals surface area contributed by atoms with Crippen LogP contribution in [0.4, 0.5) is 5.69 Å². The van der Waals surface area contributed by atoms with E-state index in [1.54, 1.807) is 24.4 Å². The normalized spacial score (nSPS) is 33.5. The lowest BCUT2D eigenvalue weighted by atomic mass is 9.48. The lowest BCUT2D eigenvalue weighted by Crippen LogP contribution is -2.50. The number of hydrogen-bond donors (Lipinski definition) is 0. The summed E-state index contributed by atoms with van der Waals surface area (Å²) >= 11 is 6.15. The van der Waals surface area contributed by atoms with Crippen molar-refractivity contribution in [2.24, 2.45) is 28.6 Å². The molecule has 1 aromatic heterocycles. The third-order valence-corrected chi connectivity index (χ3v) is 11.5. The van der Waals surface area contributed by atoms with Gasteiger partial charge in [0, 0.05) is 18.3 Å². The molecule has 9 nitrogen and oxygen atoms in total. The van der Waals surface area contributed by atoms with E-state index in [1.807, 2.05) is 0 Å². The van der Waals surface area contributed by atoms with Crippen LogP contribution in [-0.4, -0.2) is 44.5 Å². The molecule has 0 bridgehead atoms. The van der Waals surface area contributed by atoms with Crippen LogP contribution in [0, 0.1) is 28.6 Å². The highest BCUT2D eigenvalue weighted by molar-refractivity contribution is 6.55. The van der Waals surface area contributed by atoms with Crippen molar-refractivity contribution < 1.29 is 23.9 Å². The summed E-state index contributed by atoms with van der Waals surface area (Å²) in [5.74, 6) is 0.440. The van der Waals surface area contributed by atoms with Crippen molar-refractivity contribution in [3.8, 4) is 0 Å². The van der Waals surface area contributed by atoms with Gasteiger partial charge in [-0.1, -0.05) is 48.4 Å². The summed E-state index contributed by atoms with van der Waals surface area (Å²) in [5, 5.41) is 8.39. The largest absolute Gasteiger partial charge is 0.461 e. The molecule has 4 aliphatic carbocycles. The molecular weight excluding hydrogens is 556 g/mol. The maximum absolute atomic E-state index is 12.9. The highest BCUT2D eigenvalue weighted by Crippen LogP contribution is 2.64. The number of anilines is 1. The molecule has 1 aromatic carbocycles. The van der Waals surface area contributed by atoms with Gasteiger partial charge in [0.1, 0.15) is 24.1 Å². The Bertz CT molecular complexity index is 1550. The number of carbonyl (C=O) groups excluding carboxylic acids is 4. The van der Waals surface area contributed by atoms with Crippen LogP contribution in [-0.2, 0) is 32.2 Å². The second-order valence-corrected chi connectivity index (χ2v) is 13.7. The van der Waals surface area contributed by atoms with E-state index in [-0.39, 0.29) is 46.6 Å². The monoisotopic (exact) mass is 590 g/mol. The molecule has 2 heterocycles. The van der Waals surface area contributed by atoms with Gasteiger partial charge in [-0.05, 0) is 73.8 Å². The average molecular weight is 591 g/mol. The van der Waals surface area contributed by atoms with E-state index < -0.39 is 11.7 Å².